The van der Waals surface area contributed by atoms with E-state index in [2.05, 4.69) is 0 Å². The van der Waals surface area contributed by atoms with Gasteiger partial charge in [-0.1, -0.05) is 32.1 Å². The molecule has 0 aromatic rings. The highest BCUT2D eigenvalue weighted by Crippen LogP contribution is 2.44. The van der Waals surface area contributed by atoms with E-state index in [-0.39, 0.29) is 0 Å². The van der Waals surface area contributed by atoms with Crippen LogP contribution in [0, 0.1) is 5.92 Å². The van der Waals surface area contributed by atoms with Crippen LogP contribution in [0.3, 0.4) is 0 Å². The maximum atomic E-state index is 13.2. The van der Waals surface area contributed by atoms with Crippen molar-refractivity contribution in [1.29, 1.82) is 0 Å². The van der Waals surface area contributed by atoms with E-state index in [1.54, 1.807) is 0 Å². The lowest BCUT2D eigenvalue weighted by Crippen LogP contribution is -2.47. The van der Waals surface area contributed by atoms with Gasteiger partial charge >= 0.3 is 21.3 Å². The van der Waals surface area contributed by atoms with Crippen molar-refractivity contribution in [2.45, 2.75) is 49.7 Å². The summed E-state index contributed by atoms with van der Waals surface area (Å²) in [6, 6.07) is 0. The smallest absolute Gasteiger partial charge is 0.281 e. The molecule has 0 atom stereocenters. The summed E-state index contributed by atoms with van der Waals surface area (Å²) in [7, 11) is -6.09. The Morgan fingerprint density at radius 2 is 1.53 bits per heavy atom. The SMILES string of the molecule is O=S(=O)(O)C(F)(F)C(F)(F)CC1CCCCC1. The fourth-order valence-electron chi connectivity index (χ4n) is 2.06. The number of rotatable bonds is 4. The van der Waals surface area contributed by atoms with Crippen molar-refractivity contribution in [3.05, 3.63) is 0 Å². The largest absolute Gasteiger partial charge is 0.431 e. The van der Waals surface area contributed by atoms with Gasteiger partial charge in [0.1, 0.15) is 0 Å². The number of halogens is 4. The van der Waals surface area contributed by atoms with Gasteiger partial charge in [0.15, 0.2) is 0 Å². The van der Waals surface area contributed by atoms with Crippen LogP contribution >= 0.6 is 0 Å². The standard InChI is InChI=1S/C9H14F4O3S/c10-8(11,9(12,13)17(14,15)16)6-7-4-2-1-3-5-7/h7H,1-6H2,(H,14,15,16). The maximum Gasteiger partial charge on any atom is 0.431 e. The molecular weight excluding hydrogens is 264 g/mol. The summed E-state index contributed by atoms with van der Waals surface area (Å²) in [4.78, 5) is 0. The molecule has 1 N–H and O–H groups in total. The van der Waals surface area contributed by atoms with E-state index in [9.17, 15) is 26.0 Å². The van der Waals surface area contributed by atoms with Crippen LogP contribution in [0.1, 0.15) is 38.5 Å². The Morgan fingerprint density at radius 3 is 1.94 bits per heavy atom. The quantitative estimate of drug-likeness (QED) is 0.635. The summed E-state index contributed by atoms with van der Waals surface area (Å²) >= 11 is 0. The van der Waals surface area contributed by atoms with Gasteiger partial charge in [0.25, 0.3) is 0 Å². The van der Waals surface area contributed by atoms with Crippen LogP contribution in [0.2, 0.25) is 0 Å². The van der Waals surface area contributed by atoms with E-state index in [1.165, 1.54) is 0 Å². The van der Waals surface area contributed by atoms with Gasteiger partial charge < -0.3 is 0 Å². The van der Waals surface area contributed by atoms with Crippen molar-refractivity contribution in [3.8, 4) is 0 Å². The van der Waals surface area contributed by atoms with Crippen molar-refractivity contribution in [3.63, 3.8) is 0 Å². The third-order valence-corrected chi connectivity index (χ3v) is 3.97. The first-order valence-electron chi connectivity index (χ1n) is 5.30. The lowest BCUT2D eigenvalue weighted by Gasteiger charge is -2.29. The van der Waals surface area contributed by atoms with E-state index < -0.39 is 33.6 Å². The van der Waals surface area contributed by atoms with Gasteiger partial charge in [-0.25, -0.2) is 0 Å². The minimum atomic E-state index is -6.09. The summed E-state index contributed by atoms with van der Waals surface area (Å²) in [5.41, 5.74) is 0. The van der Waals surface area contributed by atoms with E-state index in [4.69, 9.17) is 4.55 Å². The highest BCUT2D eigenvalue weighted by atomic mass is 32.2. The molecule has 0 amide bonds. The van der Waals surface area contributed by atoms with Gasteiger partial charge in [0.2, 0.25) is 0 Å². The van der Waals surface area contributed by atoms with Crippen LogP contribution in [0.15, 0.2) is 0 Å². The summed E-state index contributed by atoms with van der Waals surface area (Å²) in [5.74, 6) is -5.35. The van der Waals surface area contributed by atoms with E-state index in [0.29, 0.717) is 25.7 Å². The summed E-state index contributed by atoms with van der Waals surface area (Å²) < 4.78 is 80.8. The van der Waals surface area contributed by atoms with Crippen molar-refractivity contribution >= 4 is 10.1 Å². The summed E-state index contributed by atoms with van der Waals surface area (Å²) in [6.07, 6.45) is 1.79. The maximum absolute atomic E-state index is 13.2. The van der Waals surface area contributed by atoms with Crippen molar-refractivity contribution in [1.82, 2.24) is 0 Å². The lowest BCUT2D eigenvalue weighted by atomic mass is 9.85. The highest BCUT2D eigenvalue weighted by Gasteiger charge is 2.65. The second kappa shape index (κ2) is 4.72. The molecule has 0 aromatic heterocycles. The molecule has 1 aliphatic carbocycles. The van der Waals surface area contributed by atoms with Crippen LogP contribution in [0.25, 0.3) is 0 Å². The summed E-state index contributed by atoms with van der Waals surface area (Å²) in [6.45, 7) is 0. The molecule has 8 heteroatoms. The molecule has 0 aromatic carbocycles. The van der Waals surface area contributed by atoms with Crippen LogP contribution in [0.5, 0.6) is 0 Å². The van der Waals surface area contributed by atoms with Gasteiger partial charge in [-0.15, -0.1) is 0 Å². The molecule has 0 bridgehead atoms. The van der Waals surface area contributed by atoms with Crippen molar-refractivity contribution < 1.29 is 30.5 Å². The lowest BCUT2D eigenvalue weighted by molar-refractivity contribution is -0.172. The molecule has 0 radical (unpaired) electrons. The third-order valence-electron chi connectivity index (χ3n) is 3.02. The average molecular weight is 278 g/mol. The molecular formula is C9H14F4O3S. The van der Waals surface area contributed by atoms with Crippen molar-refractivity contribution in [2.24, 2.45) is 5.92 Å². The molecule has 1 saturated carbocycles. The normalized spacial score (nSPS) is 20.5. The first-order valence-corrected chi connectivity index (χ1v) is 6.74. The van der Waals surface area contributed by atoms with E-state index in [1.807, 2.05) is 0 Å². The monoisotopic (exact) mass is 278 g/mol. The minimum absolute atomic E-state index is 0.386. The zero-order valence-electron chi connectivity index (χ0n) is 9.00. The van der Waals surface area contributed by atoms with E-state index in [0.717, 1.165) is 6.42 Å². The van der Waals surface area contributed by atoms with E-state index >= 15 is 0 Å². The molecule has 1 aliphatic rings. The van der Waals surface area contributed by atoms with Gasteiger partial charge in [0.05, 0.1) is 0 Å². The number of alkyl halides is 4. The minimum Gasteiger partial charge on any atom is -0.281 e. The average Bonchev–Trinajstić information content (AvgIpc) is 2.16. The van der Waals surface area contributed by atoms with Gasteiger partial charge in [-0.05, 0) is 5.92 Å². The molecule has 1 fully saturated rings. The van der Waals surface area contributed by atoms with Crippen molar-refractivity contribution in [2.75, 3.05) is 0 Å². The van der Waals surface area contributed by atoms with Gasteiger partial charge in [-0.3, -0.25) is 4.55 Å². The molecule has 0 heterocycles. The second-order valence-electron chi connectivity index (χ2n) is 4.40. The van der Waals surface area contributed by atoms with Crippen LogP contribution in [0.4, 0.5) is 17.6 Å². The number of hydrogen-bond acceptors (Lipinski definition) is 2. The Bertz CT molecular complexity index is 360. The molecule has 102 valence electrons. The van der Waals surface area contributed by atoms with Gasteiger partial charge in [0, 0.05) is 6.42 Å². The molecule has 17 heavy (non-hydrogen) atoms. The van der Waals surface area contributed by atoms with Crippen LogP contribution in [-0.2, 0) is 10.1 Å². The Labute approximate surface area is 96.9 Å². The highest BCUT2D eigenvalue weighted by molar-refractivity contribution is 7.87. The first-order chi connectivity index (χ1) is 7.58. The predicted octanol–water partition coefficient (Wildman–Crippen LogP) is 3.07. The molecule has 0 unspecified atom stereocenters. The predicted molar refractivity (Wildman–Crippen MR) is 52.6 cm³/mol. The van der Waals surface area contributed by atoms with Crippen LogP contribution in [-0.4, -0.2) is 24.1 Å². The molecule has 0 saturated heterocycles. The zero-order valence-corrected chi connectivity index (χ0v) is 9.82. The third kappa shape index (κ3) is 3.09. The fourth-order valence-corrected chi connectivity index (χ4v) is 2.52. The van der Waals surface area contributed by atoms with Gasteiger partial charge in [-0.2, -0.15) is 26.0 Å². The summed E-state index contributed by atoms with van der Waals surface area (Å²) in [5, 5.41) is -5.42. The Hall–Kier alpha value is -0.370. The topological polar surface area (TPSA) is 54.4 Å². The zero-order chi connectivity index (χ0) is 13.3. The first kappa shape index (κ1) is 14.7. The molecule has 0 aliphatic heterocycles. The fraction of sp³-hybridized carbons (Fsp3) is 1.00. The second-order valence-corrected chi connectivity index (χ2v) is 5.87. The Kier molecular flexibility index (Phi) is 4.08. The molecule has 3 nitrogen and oxygen atoms in total. The Balaban J connectivity index is 2.79. The molecule has 0 spiro atoms. The Morgan fingerprint density at radius 1 is 1.06 bits per heavy atom. The van der Waals surface area contributed by atoms with Crippen LogP contribution < -0.4 is 0 Å². The number of hydrogen-bond donors (Lipinski definition) is 1. The molecule has 1 rings (SSSR count).